The van der Waals surface area contributed by atoms with Crippen LogP contribution in [-0.4, -0.2) is 36.3 Å². The van der Waals surface area contributed by atoms with Crippen molar-refractivity contribution in [2.75, 3.05) is 19.6 Å². The van der Waals surface area contributed by atoms with Crippen LogP contribution in [0.2, 0.25) is 5.02 Å². The third kappa shape index (κ3) is 5.91. The molecule has 0 aliphatic rings. The van der Waals surface area contributed by atoms with Crippen LogP contribution in [0.4, 0.5) is 0 Å². The van der Waals surface area contributed by atoms with E-state index in [0.29, 0.717) is 30.2 Å². The predicted molar refractivity (Wildman–Crippen MR) is 101 cm³/mol. The van der Waals surface area contributed by atoms with Gasteiger partial charge in [0.05, 0.1) is 0 Å². The van der Waals surface area contributed by atoms with Crippen LogP contribution in [0, 0.1) is 6.92 Å². The zero-order valence-corrected chi connectivity index (χ0v) is 15.3. The van der Waals surface area contributed by atoms with E-state index in [1.54, 1.807) is 17.9 Å². The molecule has 0 aliphatic heterocycles. The van der Waals surface area contributed by atoms with Crippen LogP contribution in [0.5, 0.6) is 0 Å². The van der Waals surface area contributed by atoms with Gasteiger partial charge in [-0.05, 0) is 42.7 Å². The van der Waals surface area contributed by atoms with Crippen LogP contribution in [-0.2, 0) is 11.2 Å². The van der Waals surface area contributed by atoms with Crippen LogP contribution in [0.15, 0.2) is 48.5 Å². The first-order valence-corrected chi connectivity index (χ1v) is 8.69. The van der Waals surface area contributed by atoms with Gasteiger partial charge < -0.3 is 10.2 Å². The van der Waals surface area contributed by atoms with Gasteiger partial charge in [0.2, 0.25) is 5.91 Å². The van der Waals surface area contributed by atoms with Gasteiger partial charge in [-0.3, -0.25) is 9.59 Å². The van der Waals surface area contributed by atoms with Gasteiger partial charge >= 0.3 is 0 Å². The zero-order valence-electron chi connectivity index (χ0n) is 14.6. The Balaban J connectivity index is 1.84. The molecule has 0 saturated carbocycles. The predicted octanol–water partition coefficient (Wildman–Crippen LogP) is 3.47. The van der Waals surface area contributed by atoms with Crippen molar-refractivity contribution in [3.63, 3.8) is 0 Å². The number of carbonyl (C=O) groups excluding carboxylic acids is 2. The van der Waals surface area contributed by atoms with Crippen molar-refractivity contribution >= 4 is 23.4 Å². The first-order valence-electron chi connectivity index (χ1n) is 8.31. The van der Waals surface area contributed by atoms with E-state index in [4.69, 9.17) is 11.6 Å². The Hall–Kier alpha value is -2.33. The molecule has 2 aromatic rings. The van der Waals surface area contributed by atoms with Gasteiger partial charge in [-0.1, -0.05) is 41.9 Å². The van der Waals surface area contributed by atoms with Crippen LogP contribution >= 0.6 is 11.6 Å². The third-order valence-corrected chi connectivity index (χ3v) is 4.30. The van der Waals surface area contributed by atoms with Gasteiger partial charge in [-0.15, -0.1) is 0 Å². The molecule has 0 radical (unpaired) electrons. The Morgan fingerprint density at radius 2 is 1.84 bits per heavy atom. The normalized spacial score (nSPS) is 10.4. The molecule has 0 unspecified atom stereocenters. The van der Waals surface area contributed by atoms with E-state index >= 15 is 0 Å². The maximum absolute atomic E-state index is 12.2. The molecule has 0 fully saturated rings. The molecule has 0 heterocycles. The first-order chi connectivity index (χ1) is 12.0. The van der Waals surface area contributed by atoms with Crippen molar-refractivity contribution in [2.24, 2.45) is 0 Å². The Morgan fingerprint density at radius 1 is 1.08 bits per heavy atom. The lowest BCUT2D eigenvalue weighted by Crippen LogP contribution is -2.38. The number of halogens is 1. The van der Waals surface area contributed by atoms with Gasteiger partial charge in [0.25, 0.3) is 5.91 Å². The summed E-state index contributed by atoms with van der Waals surface area (Å²) >= 11 is 5.98. The summed E-state index contributed by atoms with van der Waals surface area (Å²) in [4.78, 5) is 25.8. The number of aryl methyl sites for hydroxylation is 1. The second-order valence-corrected chi connectivity index (χ2v) is 6.39. The number of benzene rings is 2. The molecular weight excluding hydrogens is 336 g/mol. The number of carbonyl (C=O) groups is 2. The number of nitrogens with one attached hydrogen (secondary N) is 1. The summed E-state index contributed by atoms with van der Waals surface area (Å²) in [6.45, 7) is 4.94. The zero-order chi connectivity index (χ0) is 18.2. The average molecular weight is 359 g/mol. The summed E-state index contributed by atoms with van der Waals surface area (Å²) in [6.07, 6.45) is 0.728. The van der Waals surface area contributed by atoms with Gasteiger partial charge in [0.15, 0.2) is 0 Å². The second kappa shape index (κ2) is 9.23. The molecule has 0 saturated heterocycles. The van der Waals surface area contributed by atoms with Crippen molar-refractivity contribution in [3.8, 4) is 0 Å². The molecule has 25 heavy (non-hydrogen) atoms. The summed E-state index contributed by atoms with van der Waals surface area (Å²) in [5.74, 6) is -0.122. The fourth-order valence-corrected chi connectivity index (χ4v) is 2.82. The summed E-state index contributed by atoms with van der Waals surface area (Å²) in [5, 5.41) is 3.57. The SMILES string of the molecule is CC(=O)N(CCNC(=O)c1ccccc1C)CCc1cccc(Cl)c1. The number of rotatable bonds is 7. The van der Waals surface area contributed by atoms with Crippen LogP contribution < -0.4 is 5.32 Å². The number of amides is 2. The Bertz CT molecular complexity index is 746. The summed E-state index contributed by atoms with van der Waals surface area (Å²) in [6, 6.07) is 15.1. The summed E-state index contributed by atoms with van der Waals surface area (Å²) < 4.78 is 0. The number of hydrogen-bond donors (Lipinski definition) is 1. The third-order valence-electron chi connectivity index (χ3n) is 4.06. The molecule has 4 nitrogen and oxygen atoms in total. The Morgan fingerprint density at radius 3 is 2.52 bits per heavy atom. The highest BCUT2D eigenvalue weighted by Gasteiger charge is 2.11. The summed E-state index contributed by atoms with van der Waals surface area (Å²) in [7, 11) is 0. The highest BCUT2D eigenvalue weighted by molar-refractivity contribution is 6.30. The quantitative estimate of drug-likeness (QED) is 0.823. The van der Waals surface area contributed by atoms with Crippen molar-refractivity contribution in [1.82, 2.24) is 10.2 Å². The molecule has 0 bridgehead atoms. The molecule has 1 N–H and O–H groups in total. The monoisotopic (exact) mass is 358 g/mol. The molecular formula is C20H23ClN2O2. The number of nitrogens with zero attached hydrogens (tertiary/aromatic N) is 1. The van der Waals surface area contributed by atoms with Gasteiger partial charge in [0, 0.05) is 37.1 Å². The van der Waals surface area contributed by atoms with Gasteiger partial charge in [-0.25, -0.2) is 0 Å². The fourth-order valence-electron chi connectivity index (χ4n) is 2.61. The average Bonchev–Trinajstić information content (AvgIpc) is 2.58. The maximum Gasteiger partial charge on any atom is 0.251 e. The van der Waals surface area contributed by atoms with E-state index in [2.05, 4.69) is 5.32 Å². The highest BCUT2D eigenvalue weighted by atomic mass is 35.5. The lowest BCUT2D eigenvalue weighted by molar-refractivity contribution is -0.128. The molecule has 0 spiro atoms. The van der Waals surface area contributed by atoms with Crippen LogP contribution in [0.25, 0.3) is 0 Å². The molecule has 2 rings (SSSR count). The Labute approximate surface area is 153 Å². The maximum atomic E-state index is 12.2. The lowest BCUT2D eigenvalue weighted by atomic mass is 10.1. The Kier molecular flexibility index (Phi) is 7.02. The minimum absolute atomic E-state index is 0.00725. The number of hydrogen-bond acceptors (Lipinski definition) is 2. The molecule has 0 aromatic heterocycles. The standard InChI is InChI=1S/C20H23ClN2O2/c1-15-6-3-4-9-19(15)20(25)22-11-13-23(16(2)24)12-10-17-7-5-8-18(21)14-17/h3-9,14H,10-13H2,1-2H3,(H,22,25). The first kappa shape index (κ1) is 19.0. The molecule has 2 aromatic carbocycles. The summed E-state index contributed by atoms with van der Waals surface area (Å²) in [5.41, 5.74) is 2.68. The molecule has 5 heteroatoms. The minimum Gasteiger partial charge on any atom is -0.350 e. The van der Waals surface area contributed by atoms with Crippen molar-refractivity contribution < 1.29 is 9.59 Å². The highest BCUT2D eigenvalue weighted by Crippen LogP contribution is 2.11. The molecule has 0 atom stereocenters. The second-order valence-electron chi connectivity index (χ2n) is 5.96. The van der Waals surface area contributed by atoms with Gasteiger partial charge in [-0.2, -0.15) is 0 Å². The van der Waals surface area contributed by atoms with Crippen molar-refractivity contribution in [3.05, 3.63) is 70.2 Å². The topological polar surface area (TPSA) is 49.4 Å². The van der Waals surface area contributed by atoms with E-state index in [1.165, 1.54) is 0 Å². The van der Waals surface area contributed by atoms with E-state index in [9.17, 15) is 9.59 Å². The van der Waals surface area contributed by atoms with E-state index in [0.717, 1.165) is 17.5 Å². The molecule has 132 valence electrons. The van der Waals surface area contributed by atoms with E-state index in [-0.39, 0.29) is 11.8 Å². The van der Waals surface area contributed by atoms with Crippen LogP contribution in [0.3, 0.4) is 0 Å². The van der Waals surface area contributed by atoms with Crippen LogP contribution in [0.1, 0.15) is 28.4 Å². The minimum atomic E-state index is -0.114. The molecule has 2 amide bonds. The lowest BCUT2D eigenvalue weighted by Gasteiger charge is -2.21. The van der Waals surface area contributed by atoms with Crippen molar-refractivity contribution in [1.29, 1.82) is 0 Å². The van der Waals surface area contributed by atoms with E-state index in [1.807, 2.05) is 49.4 Å². The largest absolute Gasteiger partial charge is 0.350 e. The fraction of sp³-hybridized carbons (Fsp3) is 0.300. The molecule has 0 aliphatic carbocycles. The van der Waals surface area contributed by atoms with Crippen molar-refractivity contribution in [2.45, 2.75) is 20.3 Å². The van der Waals surface area contributed by atoms with Gasteiger partial charge in [0.1, 0.15) is 0 Å². The van der Waals surface area contributed by atoms with E-state index < -0.39 is 0 Å². The smallest absolute Gasteiger partial charge is 0.251 e.